The summed E-state index contributed by atoms with van der Waals surface area (Å²) < 4.78 is 11.2. The molecule has 0 amide bonds. The predicted molar refractivity (Wildman–Crippen MR) is 96.7 cm³/mol. The Labute approximate surface area is 151 Å². The largest absolute Gasteiger partial charge is 0.460 e. The SMILES string of the molecule is Cc1cc(-c2cnc(N3CC[C@@H](O)[C@H](C)C3)nc2-c2ccc(C)o2)on1. The van der Waals surface area contributed by atoms with Gasteiger partial charge in [-0.05, 0) is 38.3 Å². The lowest BCUT2D eigenvalue weighted by Gasteiger charge is -2.34. The normalized spacial score (nSPS) is 20.5. The topological polar surface area (TPSA) is 88.4 Å². The summed E-state index contributed by atoms with van der Waals surface area (Å²) in [5.41, 5.74) is 2.22. The molecule has 26 heavy (non-hydrogen) atoms. The molecular formula is C19H22N4O3. The van der Waals surface area contributed by atoms with Gasteiger partial charge >= 0.3 is 0 Å². The summed E-state index contributed by atoms with van der Waals surface area (Å²) in [4.78, 5) is 11.4. The quantitative estimate of drug-likeness (QED) is 0.772. The lowest BCUT2D eigenvalue weighted by Crippen LogP contribution is -2.42. The van der Waals surface area contributed by atoms with E-state index in [4.69, 9.17) is 13.9 Å². The van der Waals surface area contributed by atoms with Crippen molar-refractivity contribution in [3.63, 3.8) is 0 Å². The molecule has 1 saturated heterocycles. The minimum absolute atomic E-state index is 0.179. The van der Waals surface area contributed by atoms with E-state index >= 15 is 0 Å². The summed E-state index contributed by atoms with van der Waals surface area (Å²) in [5, 5.41) is 13.9. The molecule has 0 aliphatic carbocycles. The molecule has 1 fully saturated rings. The zero-order valence-electron chi connectivity index (χ0n) is 15.1. The summed E-state index contributed by atoms with van der Waals surface area (Å²) in [6.45, 7) is 7.26. The van der Waals surface area contributed by atoms with Crippen LogP contribution in [0.15, 0.2) is 33.3 Å². The van der Waals surface area contributed by atoms with Gasteiger partial charge in [-0.1, -0.05) is 12.1 Å². The summed E-state index contributed by atoms with van der Waals surface area (Å²) in [5.74, 6) is 2.90. The maximum atomic E-state index is 9.97. The van der Waals surface area contributed by atoms with Crippen LogP contribution in [0.25, 0.3) is 22.8 Å². The first kappa shape index (κ1) is 16.8. The zero-order valence-corrected chi connectivity index (χ0v) is 15.1. The van der Waals surface area contributed by atoms with E-state index in [-0.39, 0.29) is 12.0 Å². The third-order valence-corrected chi connectivity index (χ3v) is 4.79. The molecule has 4 rings (SSSR count). The molecule has 7 nitrogen and oxygen atoms in total. The highest BCUT2D eigenvalue weighted by Gasteiger charge is 2.27. The van der Waals surface area contributed by atoms with Gasteiger partial charge in [-0.2, -0.15) is 0 Å². The molecule has 1 aliphatic rings. The Hall–Kier alpha value is -2.67. The van der Waals surface area contributed by atoms with Crippen LogP contribution in [-0.4, -0.2) is 39.4 Å². The second kappa shape index (κ2) is 6.57. The average molecular weight is 354 g/mol. The average Bonchev–Trinajstić information content (AvgIpc) is 3.25. The van der Waals surface area contributed by atoms with E-state index in [9.17, 15) is 5.11 Å². The number of piperidine rings is 1. The van der Waals surface area contributed by atoms with Gasteiger partial charge in [0.15, 0.2) is 11.5 Å². The van der Waals surface area contributed by atoms with Gasteiger partial charge < -0.3 is 18.9 Å². The maximum Gasteiger partial charge on any atom is 0.226 e. The highest BCUT2D eigenvalue weighted by Crippen LogP contribution is 2.33. The minimum Gasteiger partial charge on any atom is -0.460 e. The Morgan fingerprint density at radius 1 is 1.23 bits per heavy atom. The second-order valence-corrected chi connectivity index (χ2v) is 6.95. The first-order chi connectivity index (χ1) is 12.5. The standard InChI is InChI=1S/C19H22N4O3/c1-11-10-23(7-6-15(11)24)19-20-9-14(17-8-12(2)22-26-17)18(21-19)16-5-4-13(3)25-16/h4-5,8-9,11,15,24H,6-7,10H2,1-3H3/t11-,15-/m1/s1. The fourth-order valence-corrected chi connectivity index (χ4v) is 3.26. The van der Waals surface area contributed by atoms with Gasteiger partial charge in [0.1, 0.15) is 11.5 Å². The maximum absolute atomic E-state index is 9.97. The highest BCUT2D eigenvalue weighted by atomic mass is 16.5. The van der Waals surface area contributed by atoms with E-state index in [1.807, 2.05) is 39.0 Å². The molecule has 0 aromatic carbocycles. The van der Waals surface area contributed by atoms with Crippen LogP contribution in [0.5, 0.6) is 0 Å². The fraction of sp³-hybridized carbons (Fsp3) is 0.421. The van der Waals surface area contributed by atoms with Crippen LogP contribution in [0.2, 0.25) is 0 Å². The molecule has 3 aromatic rings. The molecule has 0 radical (unpaired) electrons. The van der Waals surface area contributed by atoms with E-state index in [0.29, 0.717) is 29.6 Å². The third kappa shape index (κ3) is 3.10. The number of aliphatic hydroxyl groups excluding tert-OH is 1. The molecular weight excluding hydrogens is 332 g/mol. The van der Waals surface area contributed by atoms with Crippen LogP contribution in [0, 0.1) is 19.8 Å². The molecule has 0 unspecified atom stereocenters. The van der Waals surface area contributed by atoms with E-state index in [1.165, 1.54) is 0 Å². The van der Waals surface area contributed by atoms with Crippen LogP contribution in [0.3, 0.4) is 0 Å². The van der Waals surface area contributed by atoms with Gasteiger partial charge in [0.25, 0.3) is 0 Å². The van der Waals surface area contributed by atoms with Crippen LogP contribution >= 0.6 is 0 Å². The van der Waals surface area contributed by atoms with Crippen LogP contribution in [-0.2, 0) is 0 Å². The monoisotopic (exact) mass is 354 g/mol. The number of hydrogen-bond donors (Lipinski definition) is 1. The Bertz CT molecular complexity index is 917. The molecule has 3 aromatic heterocycles. The Morgan fingerprint density at radius 2 is 2.08 bits per heavy atom. The van der Waals surface area contributed by atoms with Gasteiger partial charge in [-0.25, -0.2) is 9.97 Å². The summed E-state index contributed by atoms with van der Waals surface area (Å²) in [6, 6.07) is 5.67. The molecule has 4 heterocycles. The van der Waals surface area contributed by atoms with Gasteiger partial charge in [-0.3, -0.25) is 0 Å². The second-order valence-electron chi connectivity index (χ2n) is 6.95. The lowest BCUT2D eigenvalue weighted by molar-refractivity contribution is 0.0966. The Balaban J connectivity index is 1.77. The van der Waals surface area contributed by atoms with Crippen molar-refractivity contribution in [2.75, 3.05) is 18.0 Å². The number of hydrogen-bond acceptors (Lipinski definition) is 7. The zero-order chi connectivity index (χ0) is 18.3. The lowest BCUT2D eigenvalue weighted by atomic mass is 9.97. The Kier molecular flexibility index (Phi) is 4.24. The van der Waals surface area contributed by atoms with Gasteiger partial charge in [0, 0.05) is 25.4 Å². The van der Waals surface area contributed by atoms with Crippen molar-refractivity contribution < 1.29 is 14.0 Å². The number of aliphatic hydroxyl groups is 1. The van der Waals surface area contributed by atoms with Gasteiger partial charge in [0.2, 0.25) is 5.95 Å². The fourth-order valence-electron chi connectivity index (χ4n) is 3.26. The van der Waals surface area contributed by atoms with E-state index in [1.54, 1.807) is 6.20 Å². The molecule has 7 heteroatoms. The molecule has 0 bridgehead atoms. The van der Waals surface area contributed by atoms with Crippen molar-refractivity contribution >= 4 is 5.95 Å². The van der Waals surface area contributed by atoms with Crippen molar-refractivity contribution in [3.8, 4) is 22.8 Å². The van der Waals surface area contributed by atoms with Crippen molar-refractivity contribution in [2.24, 2.45) is 5.92 Å². The van der Waals surface area contributed by atoms with E-state index in [0.717, 1.165) is 30.1 Å². The van der Waals surface area contributed by atoms with Gasteiger partial charge in [0.05, 0.1) is 17.4 Å². The Morgan fingerprint density at radius 3 is 2.73 bits per heavy atom. The van der Waals surface area contributed by atoms with Crippen LogP contribution < -0.4 is 4.90 Å². The molecule has 2 atom stereocenters. The molecule has 136 valence electrons. The minimum atomic E-state index is -0.269. The molecule has 0 saturated carbocycles. The van der Waals surface area contributed by atoms with Crippen molar-refractivity contribution in [1.82, 2.24) is 15.1 Å². The van der Waals surface area contributed by atoms with Crippen LogP contribution in [0.4, 0.5) is 5.95 Å². The summed E-state index contributed by atoms with van der Waals surface area (Å²) in [6.07, 6.45) is 2.20. The molecule has 1 aliphatic heterocycles. The number of nitrogens with zero attached hydrogens (tertiary/aromatic N) is 4. The first-order valence-electron chi connectivity index (χ1n) is 8.82. The summed E-state index contributed by atoms with van der Waals surface area (Å²) >= 11 is 0. The molecule has 0 spiro atoms. The van der Waals surface area contributed by atoms with Crippen LogP contribution in [0.1, 0.15) is 24.8 Å². The van der Waals surface area contributed by atoms with E-state index in [2.05, 4.69) is 15.0 Å². The van der Waals surface area contributed by atoms with E-state index < -0.39 is 0 Å². The summed E-state index contributed by atoms with van der Waals surface area (Å²) in [7, 11) is 0. The molecule has 1 N–H and O–H groups in total. The van der Waals surface area contributed by atoms with Gasteiger partial charge in [-0.15, -0.1) is 0 Å². The number of aromatic nitrogens is 3. The number of aryl methyl sites for hydroxylation is 2. The predicted octanol–water partition coefficient (Wildman–Crippen LogP) is 3.22. The smallest absolute Gasteiger partial charge is 0.226 e. The number of furan rings is 1. The third-order valence-electron chi connectivity index (χ3n) is 4.79. The van der Waals surface area contributed by atoms with Crippen molar-refractivity contribution in [1.29, 1.82) is 0 Å². The van der Waals surface area contributed by atoms with Crippen molar-refractivity contribution in [3.05, 3.63) is 35.9 Å². The highest BCUT2D eigenvalue weighted by molar-refractivity contribution is 5.76. The number of rotatable bonds is 3. The van der Waals surface area contributed by atoms with Crippen molar-refractivity contribution in [2.45, 2.75) is 33.3 Å². The first-order valence-corrected chi connectivity index (χ1v) is 8.82. The number of anilines is 1.